The Balaban J connectivity index is 2.46. The Morgan fingerprint density at radius 2 is 2.06 bits per heavy atom. The fourth-order valence-corrected chi connectivity index (χ4v) is 1.95. The van der Waals surface area contributed by atoms with Gasteiger partial charge >= 0.3 is 0 Å². The number of aliphatic hydroxyl groups is 1. The minimum absolute atomic E-state index is 0.0716. The zero-order chi connectivity index (χ0) is 13.3. The van der Waals surface area contributed by atoms with Crippen LogP contribution in [0.3, 0.4) is 0 Å². The molecule has 0 aliphatic heterocycles. The van der Waals surface area contributed by atoms with Gasteiger partial charge in [-0.2, -0.15) is 5.10 Å². The molecular formula is C13H14F2N2O. The molecular weight excluding hydrogens is 238 g/mol. The molecule has 0 spiro atoms. The Morgan fingerprint density at radius 1 is 1.33 bits per heavy atom. The van der Waals surface area contributed by atoms with E-state index in [-0.39, 0.29) is 5.56 Å². The quantitative estimate of drug-likeness (QED) is 0.910. The molecule has 0 fully saturated rings. The Bertz CT molecular complexity index is 566. The first-order valence-electron chi connectivity index (χ1n) is 5.68. The van der Waals surface area contributed by atoms with Crippen molar-refractivity contribution < 1.29 is 13.9 Å². The van der Waals surface area contributed by atoms with E-state index in [1.165, 1.54) is 0 Å². The zero-order valence-corrected chi connectivity index (χ0v) is 10.2. The first-order chi connectivity index (χ1) is 8.52. The summed E-state index contributed by atoms with van der Waals surface area (Å²) in [6.45, 7) is 1.89. The average Bonchev–Trinajstić information content (AvgIpc) is 2.72. The van der Waals surface area contributed by atoms with Crippen molar-refractivity contribution in [2.75, 3.05) is 0 Å². The van der Waals surface area contributed by atoms with Crippen LogP contribution in [-0.4, -0.2) is 14.9 Å². The van der Waals surface area contributed by atoms with Crippen molar-refractivity contribution in [1.82, 2.24) is 9.78 Å². The summed E-state index contributed by atoms with van der Waals surface area (Å²) in [7, 11) is 1.72. The van der Waals surface area contributed by atoms with Gasteiger partial charge in [-0.3, -0.25) is 4.68 Å². The van der Waals surface area contributed by atoms with Crippen LogP contribution in [-0.2, 0) is 13.5 Å². The molecule has 0 saturated heterocycles. The molecule has 5 heteroatoms. The van der Waals surface area contributed by atoms with Crippen LogP contribution in [0.1, 0.15) is 29.8 Å². The molecule has 2 aromatic rings. The summed E-state index contributed by atoms with van der Waals surface area (Å²) in [4.78, 5) is 0. The van der Waals surface area contributed by atoms with Crippen molar-refractivity contribution >= 4 is 0 Å². The van der Waals surface area contributed by atoms with Gasteiger partial charge in [-0.05, 0) is 24.6 Å². The number of rotatable bonds is 3. The first kappa shape index (κ1) is 12.7. The van der Waals surface area contributed by atoms with Crippen LogP contribution in [0.2, 0.25) is 0 Å². The topological polar surface area (TPSA) is 38.0 Å². The van der Waals surface area contributed by atoms with Crippen LogP contribution in [0.4, 0.5) is 8.78 Å². The Morgan fingerprint density at radius 3 is 2.72 bits per heavy atom. The third kappa shape index (κ3) is 2.26. The summed E-state index contributed by atoms with van der Waals surface area (Å²) in [5, 5.41) is 14.3. The van der Waals surface area contributed by atoms with E-state index in [1.807, 2.05) is 6.92 Å². The number of halogens is 2. The molecule has 1 aromatic heterocycles. The van der Waals surface area contributed by atoms with Gasteiger partial charge in [-0.25, -0.2) is 8.78 Å². The molecule has 1 N–H and O–H groups in total. The van der Waals surface area contributed by atoms with Gasteiger partial charge in [0.2, 0.25) is 0 Å². The van der Waals surface area contributed by atoms with Gasteiger partial charge in [0.05, 0.1) is 5.69 Å². The monoisotopic (exact) mass is 252 g/mol. The fourth-order valence-electron chi connectivity index (χ4n) is 1.95. The number of hydrogen-bond donors (Lipinski definition) is 1. The van der Waals surface area contributed by atoms with Crippen LogP contribution in [0.15, 0.2) is 24.4 Å². The third-order valence-corrected chi connectivity index (χ3v) is 2.82. The van der Waals surface area contributed by atoms with Gasteiger partial charge < -0.3 is 5.11 Å². The highest BCUT2D eigenvalue weighted by molar-refractivity contribution is 5.32. The van der Waals surface area contributed by atoms with Crippen molar-refractivity contribution in [3.8, 4) is 0 Å². The fraction of sp³-hybridized carbons (Fsp3) is 0.308. The minimum Gasteiger partial charge on any atom is -0.383 e. The Kier molecular flexibility index (Phi) is 3.43. The highest BCUT2D eigenvalue weighted by Gasteiger charge is 2.20. The van der Waals surface area contributed by atoms with Crippen LogP contribution in [0.25, 0.3) is 0 Å². The van der Waals surface area contributed by atoms with Crippen molar-refractivity contribution in [3.05, 3.63) is 52.9 Å². The van der Waals surface area contributed by atoms with Gasteiger partial charge in [0.1, 0.15) is 17.7 Å². The van der Waals surface area contributed by atoms with E-state index in [4.69, 9.17) is 0 Å². The smallest absolute Gasteiger partial charge is 0.129 e. The van der Waals surface area contributed by atoms with Crippen LogP contribution >= 0.6 is 0 Å². The molecule has 2 rings (SSSR count). The second-order valence-electron chi connectivity index (χ2n) is 4.13. The molecule has 0 saturated carbocycles. The number of aryl methyl sites for hydroxylation is 2. The highest BCUT2D eigenvalue weighted by Crippen LogP contribution is 2.27. The lowest BCUT2D eigenvalue weighted by atomic mass is 10.0. The third-order valence-electron chi connectivity index (χ3n) is 2.82. The SMILES string of the molecule is CCc1nn(C)cc1C(O)c1cc(F)ccc1F. The molecule has 1 atom stereocenters. The number of nitrogens with zero attached hydrogens (tertiary/aromatic N) is 2. The van der Waals surface area contributed by atoms with E-state index < -0.39 is 17.7 Å². The van der Waals surface area contributed by atoms with Crippen molar-refractivity contribution in [2.24, 2.45) is 7.05 Å². The average molecular weight is 252 g/mol. The minimum atomic E-state index is -1.20. The molecule has 0 bridgehead atoms. The summed E-state index contributed by atoms with van der Waals surface area (Å²) in [5.41, 5.74) is 1.11. The maximum absolute atomic E-state index is 13.6. The Hall–Kier alpha value is -1.75. The number of benzene rings is 1. The second-order valence-corrected chi connectivity index (χ2v) is 4.13. The van der Waals surface area contributed by atoms with E-state index in [1.54, 1.807) is 17.9 Å². The van der Waals surface area contributed by atoms with E-state index >= 15 is 0 Å². The van der Waals surface area contributed by atoms with Gasteiger partial charge in [0.15, 0.2) is 0 Å². The summed E-state index contributed by atoms with van der Waals surface area (Å²) in [6, 6.07) is 3.04. The maximum atomic E-state index is 13.6. The van der Waals surface area contributed by atoms with E-state index in [0.29, 0.717) is 17.7 Å². The van der Waals surface area contributed by atoms with Crippen molar-refractivity contribution in [2.45, 2.75) is 19.4 Å². The molecule has 1 heterocycles. The second kappa shape index (κ2) is 4.86. The number of aliphatic hydroxyl groups excluding tert-OH is 1. The molecule has 0 radical (unpaired) electrons. The molecule has 1 aromatic carbocycles. The molecule has 18 heavy (non-hydrogen) atoms. The summed E-state index contributed by atoms with van der Waals surface area (Å²) >= 11 is 0. The number of hydrogen-bond acceptors (Lipinski definition) is 2. The lowest BCUT2D eigenvalue weighted by Gasteiger charge is -2.11. The van der Waals surface area contributed by atoms with Crippen LogP contribution in [0.5, 0.6) is 0 Å². The van der Waals surface area contributed by atoms with E-state index in [9.17, 15) is 13.9 Å². The zero-order valence-electron chi connectivity index (χ0n) is 10.2. The lowest BCUT2D eigenvalue weighted by Crippen LogP contribution is -2.05. The summed E-state index contributed by atoms with van der Waals surface area (Å²) in [6.07, 6.45) is 1.03. The Labute approximate surface area is 104 Å². The lowest BCUT2D eigenvalue weighted by molar-refractivity contribution is 0.213. The molecule has 0 amide bonds. The van der Waals surface area contributed by atoms with Gasteiger partial charge in [0, 0.05) is 24.4 Å². The maximum Gasteiger partial charge on any atom is 0.129 e. The number of aromatic nitrogens is 2. The van der Waals surface area contributed by atoms with Crippen LogP contribution in [0, 0.1) is 11.6 Å². The molecule has 0 aliphatic carbocycles. The highest BCUT2D eigenvalue weighted by atomic mass is 19.1. The van der Waals surface area contributed by atoms with Gasteiger partial charge in [0.25, 0.3) is 0 Å². The summed E-state index contributed by atoms with van der Waals surface area (Å²) < 4.78 is 28.3. The van der Waals surface area contributed by atoms with Gasteiger partial charge in [-0.1, -0.05) is 6.92 Å². The molecule has 96 valence electrons. The van der Waals surface area contributed by atoms with Gasteiger partial charge in [-0.15, -0.1) is 0 Å². The summed E-state index contributed by atoms with van der Waals surface area (Å²) in [5.74, 6) is -1.21. The largest absolute Gasteiger partial charge is 0.383 e. The molecule has 0 aliphatic rings. The predicted octanol–water partition coefficient (Wildman–Crippen LogP) is 2.34. The molecule has 3 nitrogen and oxygen atoms in total. The van der Waals surface area contributed by atoms with E-state index in [0.717, 1.165) is 18.2 Å². The predicted molar refractivity (Wildman–Crippen MR) is 63.0 cm³/mol. The van der Waals surface area contributed by atoms with Crippen molar-refractivity contribution in [3.63, 3.8) is 0 Å². The molecule has 1 unspecified atom stereocenters. The first-order valence-corrected chi connectivity index (χ1v) is 5.68. The van der Waals surface area contributed by atoms with Crippen LogP contribution < -0.4 is 0 Å². The normalized spacial score (nSPS) is 12.7. The standard InChI is InChI=1S/C13H14F2N2O/c1-3-12-10(7-17(2)16-12)13(18)9-6-8(14)4-5-11(9)15/h4-7,13,18H,3H2,1-2H3. The van der Waals surface area contributed by atoms with E-state index in [2.05, 4.69) is 5.10 Å². The van der Waals surface area contributed by atoms with Crippen molar-refractivity contribution in [1.29, 1.82) is 0 Å².